The number of aliphatic carboxylic acids is 1. The van der Waals surface area contributed by atoms with E-state index in [1.54, 1.807) is 12.3 Å². The lowest BCUT2D eigenvalue weighted by atomic mass is 9.73. The van der Waals surface area contributed by atoms with Crippen LogP contribution in [0, 0.1) is 11.6 Å². The van der Waals surface area contributed by atoms with Gasteiger partial charge >= 0.3 is 18.1 Å². The predicted molar refractivity (Wildman–Crippen MR) is 112 cm³/mol. The number of piperidine rings is 1. The number of nitrogens with zero attached hydrogens (tertiary/aromatic N) is 2. The van der Waals surface area contributed by atoms with Gasteiger partial charge in [0.15, 0.2) is 17.4 Å². The Hall–Kier alpha value is -3.74. The molecule has 1 aliphatic heterocycles. The number of carbonyl (C=O) groups is 2. The molecule has 188 valence electrons. The number of ether oxygens (including phenoxy) is 1. The summed E-state index contributed by atoms with van der Waals surface area (Å²) in [7, 11) is 1.39. The van der Waals surface area contributed by atoms with E-state index in [-0.39, 0.29) is 11.7 Å². The van der Waals surface area contributed by atoms with E-state index in [0.717, 1.165) is 23.1 Å². The summed E-state index contributed by atoms with van der Waals surface area (Å²) in [6.45, 7) is 1.42. The minimum Gasteiger partial charge on any atom is -0.505 e. The van der Waals surface area contributed by atoms with Crippen LogP contribution in [-0.2, 0) is 19.7 Å². The highest BCUT2D eigenvalue weighted by atomic mass is 19.4. The number of nitrogens with one attached hydrogen (secondary N) is 1. The zero-order valence-electron chi connectivity index (χ0n) is 18.2. The highest BCUT2D eigenvalue weighted by molar-refractivity contribution is 5.87. The smallest absolute Gasteiger partial charge is 0.490 e. The van der Waals surface area contributed by atoms with Gasteiger partial charge in [-0.1, -0.05) is 6.07 Å². The second kappa shape index (κ2) is 9.86. The summed E-state index contributed by atoms with van der Waals surface area (Å²) >= 11 is 0. The third-order valence-corrected chi connectivity index (χ3v) is 5.63. The standard InChI is InChI=1S/C20H19F2N3O3.C2HF3O2/c1-28-19(27)20(4-6-23-7-5-20)13-2-3-16-12(8-13)11-24-25(16)14-9-15(21)18(22)17(26)10-14;3-2(4,5)1(6)7/h2-3,8-11,23,26H,4-7H2,1H3;(H,6,7). The number of carboxylic acids is 1. The van der Waals surface area contributed by atoms with Crippen molar-refractivity contribution < 1.29 is 46.5 Å². The molecule has 0 radical (unpaired) electrons. The first kappa shape index (κ1) is 25.9. The van der Waals surface area contributed by atoms with E-state index in [4.69, 9.17) is 14.6 Å². The van der Waals surface area contributed by atoms with E-state index >= 15 is 0 Å². The van der Waals surface area contributed by atoms with Gasteiger partial charge in [-0.15, -0.1) is 0 Å². The zero-order chi connectivity index (χ0) is 26.0. The number of aromatic hydroxyl groups is 1. The normalized spacial score (nSPS) is 15.3. The van der Waals surface area contributed by atoms with Crippen molar-refractivity contribution in [3.05, 3.63) is 53.7 Å². The van der Waals surface area contributed by atoms with Crippen LogP contribution in [0.5, 0.6) is 5.75 Å². The number of phenolic OH excluding ortho intramolecular Hbond substituents is 1. The fraction of sp³-hybridized carbons (Fsp3) is 0.318. The number of hydrogen-bond acceptors (Lipinski definition) is 6. The summed E-state index contributed by atoms with van der Waals surface area (Å²) < 4.78 is 65.3. The van der Waals surface area contributed by atoms with Crippen LogP contribution in [-0.4, -0.2) is 58.3 Å². The molecule has 13 heteroatoms. The molecule has 3 aromatic rings. The van der Waals surface area contributed by atoms with Crippen molar-refractivity contribution in [1.82, 2.24) is 15.1 Å². The number of rotatable bonds is 3. The quantitative estimate of drug-likeness (QED) is 0.372. The van der Waals surface area contributed by atoms with Gasteiger partial charge in [0.05, 0.1) is 29.9 Å². The van der Waals surface area contributed by atoms with E-state index in [0.29, 0.717) is 31.4 Å². The van der Waals surface area contributed by atoms with Crippen LogP contribution in [0.3, 0.4) is 0 Å². The van der Waals surface area contributed by atoms with Gasteiger partial charge in [0.1, 0.15) is 0 Å². The number of phenols is 1. The molecule has 0 atom stereocenters. The molecule has 8 nitrogen and oxygen atoms in total. The fourth-order valence-corrected chi connectivity index (χ4v) is 3.88. The molecule has 35 heavy (non-hydrogen) atoms. The third-order valence-electron chi connectivity index (χ3n) is 5.63. The van der Waals surface area contributed by atoms with Crippen molar-refractivity contribution in [2.75, 3.05) is 20.2 Å². The third kappa shape index (κ3) is 5.19. The Balaban J connectivity index is 0.000000429. The van der Waals surface area contributed by atoms with Gasteiger partial charge in [-0.05, 0) is 43.6 Å². The molecular weight excluding hydrogens is 481 g/mol. The zero-order valence-corrected chi connectivity index (χ0v) is 18.2. The number of fused-ring (bicyclic) bond motifs is 1. The average molecular weight is 501 g/mol. The second-order valence-corrected chi connectivity index (χ2v) is 7.72. The van der Waals surface area contributed by atoms with E-state index in [1.807, 2.05) is 12.1 Å². The molecule has 0 unspecified atom stereocenters. The SMILES string of the molecule is COC(=O)C1(c2ccc3c(cnn3-c3cc(O)c(F)c(F)c3)c2)CCNCC1.O=C(O)C(F)(F)F. The average Bonchev–Trinajstić information content (AvgIpc) is 3.25. The molecule has 4 rings (SSSR count). The lowest BCUT2D eigenvalue weighted by Crippen LogP contribution is -2.46. The number of esters is 1. The molecule has 1 fully saturated rings. The van der Waals surface area contributed by atoms with E-state index < -0.39 is 34.9 Å². The highest BCUT2D eigenvalue weighted by Crippen LogP contribution is 2.37. The lowest BCUT2D eigenvalue weighted by Gasteiger charge is -2.35. The highest BCUT2D eigenvalue weighted by Gasteiger charge is 2.42. The molecule has 2 heterocycles. The predicted octanol–water partition coefficient (Wildman–Crippen LogP) is 3.44. The number of benzene rings is 2. The fourth-order valence-electron chi connectivity index (χ4n) is 3.88. The molecule has 2 aromatic carbocycles. The number of halogens is 5. The van der Waals surface area contributed by atoms with Gasteiger partial charge in [-0.25, -0.2) is 13.9 Å². The summed E-state index contributed by atoms with van der Waals surface area (Å²) in [6, 6.07) is 7.58. The largest absolute Gasteiger partial charge is 0.505 e. The van der Waals surface area contributed by atoms with Crippen LogP contribution in [0.15, 0.2) is 36.5 Å². The topological polar surface area (TPSA) is 114 Å². The molecular formula is C22H20F5N3O5. The number of methoxy groups -OCH3 is 1. The Labute approximate surface area is 194 Å². The summed E-state index contributed by atoms with van der Waals surface area (Å²) in [4.78, 5) is 21.5. The first-order chi connectivity index (χ1) is 16.4. The van der Waals surface area contributed by atoms with E-state index in [1.165, 1.54) is 11.8 Å². The monoisotopic (exact) mass is 501 g/mol. The van der Waals surface area contributed by atoms with Gasteiger partial charge in [0.2, 0.25) is 0 Å². The van der Waals surface area contributed by atoms with Crippen molar-refractivity contribution in [2.24, 2.45) is 0 Å². The van der Waals surface area contributed by atoms with Crippen LogP contribution in [0.4, 0.5) is 22.0 Å². The first-order valence-electron chi connectivity index (χ1n) is 10.2. The summed E-state index contributed by atoms with van der Waals surface area (Å²) in [5.74, 6) is -6.27. The van der Waals surface area contributed by atoms with E-state index in [9.17, 15) is 31.9 Å². The molecule has 0 spiro atoms. The molecule has 0 aliphatic carbocycles. The maximum atomic E-state index is 13.7. The summed E-state index contributed by atoms with van der Waals surface area (Å²) in [5, 5.41) is 24.9. The Morgan fingerprint density at radius 1 is 1.14 bits per heavy atom. The van der Waals surface area contributed by atoms with Crippen molar-refractivity contribution in [3.8, 4) is 11.4 Å². The number of hydrogen-bond donors (Lipinski definition) is 3. The van der Waals surface area contributed by atoms with Crippen molar-refractivity contribution in [3.63, 3.8) is 0 Å². The maximum absolute atomic E-state index is 13.7. The van der Waals surface area contributed by atoms with E-state index in [2.05, 4.69) is 10.4 Å². The van der Waals surface area contributed by atoms with Gasteiger partial charge in [-0.3, -0.25) is 4.79 Å². The van der Waals surface area contributed by atoms with Crippen molar-refractivity contribution in [1.29, 1.82) is 0 Å². The van der Waals surface area contributed by atoms with Crippen LogP contribution < -0.4 is 5.32 Å². The van der Waals surface area contributed by atoms with Gasteiger partial charge < -0.3 is 20.3 Å². The number of carbonyl (C=O) groups excluding carboxylic acids is 1. The van der Waals surface area contributed by atoms with Crippen LogP contribution in [0.25, 0.3) is 16.6 Å². The number of alkyl halides is 3. The molecule has 0 amide bonds. The summed E-state index contributed by atoms with van der Waals surface area (Å²) in [6.07, 6.45) is -2.25. The molecule has 3 N–H and O–H groups in total. The Morgan fingerprint density at radius 3 is 2.31 bits per heavy atom. The van der Waals surface area contributed by atoms with Crippen LogP contribution >= 0.6 is 0 Å². The van der Waals surface area contributed by atoms with Crippen molar-refractivity contribution in [2.45, 2.75) is 24.4 Å². The van der Waals surface area contributed by atoms with Crippen molar-refractivity contribution >= 4 is 22.8 Å². The number of carboxylic acid groups (broad SMARTS) is 1. The maximum Gasteiger partial charge on any atom is 0.490 e. The van der Waals surface area contributed by atoms with Gasteiger partial charge in [-0.2, -0.15) is 22.7 Å². The number of aromatic nitrogens is 2. The molecule has 1 aromatic heterocycles. The molecule has 1 aliphatic rings. The summed E-state index contributed by atoms with van der Waals surface area (Å²) in [5.41, 5.74) is 0.948. The minimum atomic E-state index is -5.08. The van der Waals surface area contributed by atoms with Crippen LogP contribution in [0.2, 0.25) is 0 Å². The molecule has 1 saturated heterocycles. The van der Waals surface area contributed by atoms with Crippen LogP contribution in [0.1, 0.15) is 18.4 Å². The Kier molecular flexibility index (Phi) is 7.29. The lowest BCUT2D eigenvalue weighted by molar-refractivity contribution is -0.192. The molecule has 0 bridgehead atoms. The first-order valence-corrected chi connectivity index (χ1v) is 10.2. The minimum absolute atomic E-state index is 0.198. The van der Waals surface area contributed by atoms with Gasteiger partial charge in [0, 0.05) is 17.5 Å². The Bertz CT molecular complexity index is 1230. The molecule has 0 saturated carbocycles. The second-order valence-electron chi connectivity index (χ2n) is 7.72. The Morgan fingerprint density at radius 2 is 1.77 bits per heavy atom. The van der Waals surface area contributed by atoms with Gasteiger partial charge in [0.25, 0.3) is 0 Å².